The molecule has 0 bridgehead atoms. The highest BCUT2D eigenvalue weighted by Gasteiger charge is 2.56. The van der Waals surface area contributed by atoms with E-state index in [0.29, 0.717) is 12.8 Å². The second kappa shape index (κ2) is 9.42. The molecule has 1 N–H and O–H groups in total. The van der Waals surface area contributed by atoms with Crippen molar-refractivity contribution in [2.24, 2.45) is 0 Å². The van der Waals surface area contributed by atoms with E-state index in [4.69, 9.17) is 4.74 Å². The van der Waals surface area contributed by atoms with Crippen LogP contribution >= 0.6 is 0 Å². The number of hydrogen-bond donors (Lipinski definition) is 1. The van der Waals surface area contributed by atoms with Crippen LogP contribution in [0.3, 0.4) is 0 Å². The first-order valence-corrected chi connectivity index (χ1v) is 12.0. The van der Waals surface area contributed by atoms with Crippen molar-refractivity contribution >= 4 is 0 Å². The molecule has 0 saturated heterocycles. The topological polar surface area (TPSA) is 81.8 Å². The molecule has 0 fully saturated rings. The van der Waals surface area contributed by atoms with Crippen LogP contribution in [0.15, 0.2) is 29.8 Å². The Morgan fingerprint density at radius 3 is 2.66 bits per heavy atom. The molecule has 6 nitrogen and oxygen atoms in total. The number of rotatable bonds is 10. The summed E-state index contributed by atoms with van der Waals surface area (Å²) in [4.78, 5) is 15.2. The minimum atomic E-state index is -1.07. The highest BCUT2D eigenvalue weighted by molar-refractivity contribution is 5.48. The molecule has 0 spiro atoms. The molecule has 0 radical (unpaired) electrons. The first-order chi connectivity index (χ1) is 15.0. The summed E-state index contributed by atoms with van der Waals surface area (Å²) in [5.41, 5.74) is 1.25. The van der Waals surface area contributed by atoms with Crippen LogP contribution in [-0.4, -0.2) is 28.0 Å². The molecule has 3 rings (SSSR count). The predicted molar refractivity (Wildman–Crippen MR) is 126 cm³/mol. The molecule has 32 heavy (non-hydrogen) atoms. The predicted octanol–water partition coefficient (Wildman–Crippen LogP) is 6.24. The molecule has 1 heterocycles. The Labute approximate surface area is 192 Å². The molecule has 1 aliphatic heterocycles. The van der Waals surface area contributed by atoms with E-state index in [-0.39, 0.29) is 17.9 Å². The molecule has 0 aromatic heterocycles. The lowest BCUT2D eigenvalue weighted by Crippen LogP contribution is -2.60. The quantitative estimate of drug-likeness (QED) is 0.199. The van der Waals surface area contributed by atoms with E-state index in [1.165, 1.54) is 37.7 Å². The largest absolute Gasteiger partial charge is 0.485 e. The van der Waals surface area contributed by atoms with Gasteiger partial charge in [-0.1, -0.05) is 71.1 Å². The number of unbranched alkanes of at least 4 members (excludes halogenated alkanes) is 4. The number of hydrogen-bond acceptors (Lipinski definition) is 5. The summed E-state index contributed by atoms with van der Waals surface area (Å²) in [6.45, 7) is 10.6. The summed E-state index contributed by atoms with van der Waals surface area (Å²) in [5, 5.41) is 21.5. The standard InChI is InChI=1S/C26H39NO5/c1-6-7-8-9-10-14-24(2,3)20-11-12-21-22-16-19(18-31-27(29)30)13-15-26(22,28)25(4,5)32-23(21)17-20/h11-13,17,22,28H,6-10,14-16,18H2,1-5H3/t22-,26-/m1/s1. The minimum absolute atomic E-state index is 0.0413. The molecule has 2 atom stereocenters. The van der Waals surface area contributed by atoms with Crippen LogP contribution in [0.2, 0.25) is 0 Å². The molecule has 0 saturated carbocycles. The monoisotopic (exact) mass is 445 g/mol. The van der Waals surface area contributed by atoms with Gasteiger partial charge >= 0.3 is 0 Å². The van der Waals surface area contributed by atoms with E-state index in [1.807, 2.05) is 19.9 Å². The average molecular weight is 446 g/mol. The van der Waals surface area contributed by atoms with Gasteiger partial charge in [-0.3, -0.25) is 0 Å². The van der Waals surface area contributed by atoms with Crippen LogP contribution in [0.25, 0.3) is 0 Å². The van der Waals surface area contributed by atoms with Gasteiger partial charge in [0, 0.05) is 11.5 Å². The van der Waals surface area contributed by atoms with E-state index in [0.717, 1.165) is 23.3 Å². The zero-order chi connectivity index (χ0) is 23.6. The maximum absolute atomic E-state index is 11.6. The fourth-order valence-corrected chi connectivity index (χ4v) is 5.25. The summed E-state index contributed by atoms with van der Waals surface area (Å²) < 4.78 is 6.40. The summed E-state index contributed by atoms with van der Waals surface area (Å²) in [6, 6.07) is 6.40. The molecule has 178 valence electrons. The molecule has 0 amide bonds. The second-order valence-electron chi connectivity index (χ2n) is 10.7. The van der Waals surface area contributed by atoms with Crippen molar-refractivity contribution in [2.75, 3.05) is 6.61 Å². The summed E-state index contributed by atoms with van der Waals surface area (Å²) >= 11 is 0. The van der Waals surface area contributed by atoms with Crippen LogP contribution in [0.5, 0.6) is 5.75 Å². The van der Waals surface area contributed by atoms with Gasteiger partial charge < -0.3 is 14.7 Å². The lowest BCUT2D eigenvalue weighted by molar-refractivity contribution is -0.755. The summed E-state index contributed by atoms with van der Waals surface area (Å²) in [7, 11) is 0. The van der Waals surface area contributed by atoms with Crippen LogP contribution in [0, 0.1) is 10.1 Å². The van der Waals surface area contributed by atoms with E-state index in [9.17, 15) is 15.2 Å². The van der Waals surface area contributed by atoms with Gasteiger partial charge in [0.05, 0.1) is 0 Å². The molecule has 1 aromatic carbocycles. The lowest BCUT2D eigenvalue weighted by Gasteiger charge is -2.53. The van der Waals surface area contributed by atoms with E-state index >= 15 is 0 Å². The van der Waals surface area contributed by atoms with Crippen molar-refractivity contribution in [2.45, 2.75) is 109 Å². The minimum Gasteiger partial charge on any atom is -0.485 e. The van der Waals surface area contributed by atoms with Crippen LogP contribution < -0.4 is 4.74 Å². The Bertz CT molecular complexity index is 860. The Balaban J connectivity index is 1.83. The summed E-state index contributed by atoms with van der Waals surface area (Å²) in [5.74, 6) is 0.625. The van der Waals surface area contributed by atoms with Gasteiger partial charge in [-0.25, -0.2) is 0 Å². The van der Waals surface area contributed by atoms with Crippen molar-refractivity contribution in [1.29, 1.82) is 0 Å². The van der Waals surface area contributed by atoms with Crippen molar-refractivity contribution in [3.05, 3.63) is 51.1 Å². The van der Waals surface area contributed by atoms with Gasteiger partial charge in [0.25, 0.3) is 5.09 Å². The zero-order valence-electron chi connectivity index (χ0n) is 20.3. The van der Waals surface area contributed by atoms with E-state index < -0.39 is 16.3 Å². The SMILES string of the molecule is CCCCCCCC(C)(C)c1ccc2c(c1)OC(C)(C)[C@@]1(O)CC=C(CO[N+](=O)[O-])C[C@H]21. The summed E-state index contributed by atoms with van der Waals surface area (Å²) in [6.07, 6.45) is 10.2. The number of aliphatic hydroxyl groups is 1. The van der Waals surface area contributed by atoms with Gasteiger partial charge in [0.15, 0.2) is 0 Å². The molecule has 0 unspecified atom stereocenters. The number of benzene rings is 1. The van der Waals surface area contributed by atoms with Gasteiger partial charge in [-0.15, -0.1) is 10.1 Å². The van der Waals surface area contributed by atoms with Crippen LogP contribution in [0.4, 0.5) is 0 Å². The Morgan fingerprint density at radius 2 is 1.97 bits per heavy atom. The smallest absolute Gasteiger partial charge is 0.294 e. The maximum Gasteiger partial charge on any atom is 0.294 e. The molecule has 6 heteroatoms. The molecule has 1 aromatic rings. The molecule has 2 aliphatic rings. The van der Waals surface area contributed by atoms with Gasteiger partial charge in [-0.05, 0) is 55.7 Å². The third-order valence-electron chi connectivity index (χ3n) is 7.58. The first kappa shape index (κ1) is 24.6. The third-order valence-corrected chi connectivity index (χ3v) is 7.58. The van der Waals surface area contributed by atoms with Crippen LogP contribution in [-0.2, 0) is 10.3 Å². The van der Waals surface area contributed by atoms with Crippen molar-refractivity contribution in [1.82, 2.24) is 0 Å². The highest BCUT2D eigenvalue weighted by atomic mass is 16.9. The van der Waals surface area contributed by atoms with E-state index in [1.54, 1.807) is 0 Å². The first-order valence-electron chi connectivity index (χ1n) is 12.0. The Hall–Kier alpha value is -2.08. The Morgan fingerprint density at radius 1 is 1.25 bits per heavy atom. The average Bonchev–Trinajstić information content (AvgIpc) is 2.72. The van der Waals surface area contributed by atoms with Gasteiger partial charge in [0.1, 0.15) is 23.6 Å². The highest BCUT2D eigenvalue weighted by Crippen LogP contribution is 2.54. The lowest BCUT2D eigenvalue weighted by atomic mass is 9.63. The number of nitrogens with zero attached hydrogens (tertiary/aromatic N) is 1. The second-order valence-corrected chi connectivity index (χ2v) is 10.7. The Kier molecular flexibility index (Phi) is 7.23. The van der Waals surface area contributed by atoms with Gasteiger partial charge in [-0.2, -0.15) is 0 Å². The number of fused-ring (bicyclic) bond motifs is 3. The van der Waals surface area contributed by atoms with Crippen molar-refractivity contribution < 1.29 is 19.8 Å². The van der Waals surface area contributed by atoms with E-state index in [2.05, 4.69) is 43.8 Å². The van der Waals surface area contributed by atoms with Gasteiger partial charge in [0.2, 0.25) is 0 Å². The zero-order valence-corrected chi connectivity index (χ0v) is 20.3. The van der Waals surface area contributed by atoms with Crippen molar-refractivity contribution in [3.8, 4) is 5.75 Å². The molecular weight excluding hydrogens is 406 g/mol. The third kappa shape index (κ3) is 4.95. The van der Waals surface area contributed by atoms with Crippen LogP contribution in [0.1, 0.15) is 103 Å². The maximum atomic E-state index is 11.6. The fraction of sp³-hybridized carbons (Fsp3) is 0.692. The normalized spacial score (nSPS) is 24.1. The molecule has 1 aliphatic carbocycles. The molecular formula is C26H39NO5. The number of ether oxygens (including phenoxy) is 1. The van der Waals surface area contributed by atoms with Crippen molar-refractivity contribution in [3.63, 3.8) is 0 Å². The fourth-order valence-electron chi connectivity index (χ4n) is 5.25.